The molecule has 1 unspecified atom stereocenters. The van der Waals surface area contributed by atoms with E-state index in [-0.39, 0.29) is 11.8 Å². The number of aliphatic hydroxyl groups excluding tert-OH is 1. The molecule has 0 aromatic heterocycles. The van der Waals surface area contributed by atoms with E-state index in [4.69, 9.17) is 4.74 Å². The summed E-state index contributed by atoms with van der Waals surface area (Å²) in [5.74, 6) is -3.00. The number of esters is 1. The molecule has 172 valence electrons. The molecule has 6 heteroatoms. The molecular formula is C25H36O6. The second kappa shape index (κ2) is 7.88. The number of hydrogen-bond donors (Lipinski definition) is 2. The molecule has 1 fully saturated rings. The van der Waals surface area contributed by atoms with Crippen molar-refractivity contribution in [2.45, 2.75) is 72.8 Å². The van der Waals surface area contributed by atoms with Gasteiger partial charge in [0, 0.05) is 5.41 Å². The highest BCUT2D eigenvalue weighted by atomic mass is 16.5. The fraction of sp³-hybridized carbons (Fsp3) is 0.720. The third kappa shape index (κ3) is 3.21. The molecule has 0 aromatic rings. The molecule has 0 amide bonds. The summed E-state index contributed by atoms with van der Waals surface area (Å²) in [4.78, 5) is 38.9. The molecule has 0 spiro atoms. The third-order valence-corrected chi connectivity index (χ3v) is 8.85. The van der Waals surface area contributed by atoms with Crippen molar-refractivity contribution in [2.24, 2.45) is 34.0 Å². The summed E-state index contributed by atoms with van der Waals surface area (Å²) in [5, 5.41) is 21.0. The zero-order chi connectivity index (χ0) is 23.4. The lowest BCUT2D eigenvalue weighted by atomic mass is 9.40. The summed E-state index contributed by atoms with van der Waals surface area (Å²) in [5.41, 5.74) is -0.839. The maximum Gasteiger partial charge on any atom is 0.313 e. The highest BCUT2D eigenvalue weighted by Gasteiger charge is 2.67. The number of ketones is 1. The zero-order valence-corrected chi connectivity index (χ0v) is 19.5. The second-order valence-corrected chi connectivity index (χ2v) is 10.3. The Hall–Kier alpha value is -1.95. The van der Waals surface area contributed by atoms with Crippen molar-refractivity contribution in [1.82, 2.24) is 0 Å². The Morgan fingerprint density at radius 3 is 2.39 bits per heavy atom. The highest BCUT2D eigenvalue weighted by Crippen LogP contribution is 2.66. The number of carbonyl (C=O) groups excluding carboxylic acids is 2. The third-order valence-electron chi connectivity index (χ3n) is 8.85. The predicted molar refractivity (Wildman–Crippen MR) is 116 cm³/mol. The summed E-state index contributed by atoms with van der Waals surface area (Å²) >= 11 is 0. The minimum atomic E-state index is -1.20. The average molecular weight is 433 g/mol. The van der Waals surface area contributed by atoms with Crippen LogP contribution in [0.2, 0.25) is 0 Å². The largest absolute Gasteiger partial charge is 0.481 e. The molecule has 0 aromatic carbocycles. The zero-order valence-electron chi connectivity index (χ0n) is 19.5. The van der Waals surface area contributed by atoms with Crippen LogP contribution in [-0.4, -0.2) is 41.1 Å². The van der Waals surface area contributed by atoms with E-state index < -0.39 is 46.1 Å². The summed E-state index contributed by atoms with van der Waals surface area (Å²) in [7, 11) is 1.35. The van der Waals surface area contributed by atoms with E-state index in [1.807, 2.05) is 20.8 Å². The molecule has 6 nitrogen and oxygen atoms in total. The van der Waals surface area contributed by atoms with Crippen LogP contribution in [-0.2, 0) is 19.1 Å². The van der Waals surface area contributed by atoms with Crippen LogP contribution in [0.25, 0.3) is 0 Å². The average Bonchev–Trinajstić information content (AvgIpc) is 3.06. The first-order valence-corrected chi connectivity index (χ1v) is 11.3. The molecule has 0 radical (unpaired) electrons. The summed E-state index contributed by atoms with van der Waals surface area (Å²) in [6.45, 7) is 9.50. The van der Waals surface area contributed by atoms with Crippen molar-refractivity contribution in [3.63, 3.8) is 0 Å². The highest BCUT2D eigenvalue weighted by molar-refractivity contribution is 5.99. The molecule has 3 aliphatic carbocycles. The molecule has 7 atom stereocenters. The van der Waals surface area contributed by atoms with Gasteiger partial charge in [0.05, 0.1) is 24.5 Å². The van der Waals surface area contributed by atoms with Gasteiger partial charge in [0.15, 0.2) is 5.78 Å². The van der Waals surface area contributed by atoms with Gasteiger partial charge in [-0.15, -0.1) is 0 Å². The molecular weight excluding hydrogens is 396 g/mol. The van der Waals surface area contributed by atoms with Gasteiger partial charge >= 0.3 is 11.9 Å². The monoisotopic (exact) mass is 432 g/mol. The number of allylic oxidation sites excluding steroid dienone is 2. The van der Waals surface area contributed by atoms with Crippen molar-refractivity contribution in [3.8, 4) is 0 Å². The Bertz CT molecular complexity index is 856. The predicted octanol–water partition coefficient (Wildman–Crippen LogP) is 3.93. The van der Waals surface area contributed by atoms with Crippen LogP contribution in [0.5, 0.6) is 0 Å². The fourth-order valence-corrected chi connectivity index (χ4v) is 7.43. The minimum absolute atomic E-state index is 0.139. The molecule has 0 saturated heterocycles. The van der Waals surface area contributed by atoms with E-state index >= 15 is 0 Å². The Morgan fingerprint density at radius 1 is 1.26 bits per heavy atom. The normalized spacial score (nSPS) is 41.1. The molecule has 0 aliphatic heterocycles. The number of methoxy groups -OCH3 is 1. The van der Waals surface area contributed by atoms with Crippen molar-refractivity contribution < 1.29 is 29.3 Å². The fourth-order valence-electron chi connectivity index (χ4n) is 7.43. The summed E-state index contributed by atoms with van der Waals surface area (Å²) in [6, 6.07) is 0. The van der Waals surface area contributed by atoms with Crippen molar-refractivity contribution in [1.29, 1.82) is 0 Å². The molecule has 3 rings (SSSR count). The summed E-state index contributed by atoms with van der Waals surface area (Å²) in [6.07, 6.45) is 5.36. The summed E-state index contributed by atoms with van der Waals surface area (Å²) < 4.78 is 5.16. The Kier molecular flexibility index (Phi) is 6.02. The Labute approximate surface area is 184 Å². The number of ether oxygens (including phenoxy) is 1. The maximum atomic E-state index is 13.6. The van der Waals surface area contributed by atoms with Crippen LogP contribution in [0.15, 0.2) is 23.3 Å². The quantitative estimate of drug-likeness (QED) is 0.504. The second-order valence-electron chi connectivity index (χ2n) is 10.3. The van der Waals surface area contributed by atoms with E-state index in [2.05, 4.69) is 6.92 Å². The van der Waals surface area contributed by atoms with Gasteiger partial charge in [-0.1, -0.05) is 32.4 Å². The van der Waals surface area contributed by atoms with Gasteiger partial charge in [0.2, 0.25) is 0 Å². The van der Waals surface area contributed by atoms with Gasteiger partial charge in [-0.2, -0.15) is 0 Å². The van der Waals surface area contributed by atoms with Crippen molar-refractivity contribution in [3.05, 3.63) is 23.3 Å². The lowest BCUT2D eigenvalue weighted by Gasteiger charge is -2.61. The number of fused-ring (bicyclic) bond motifs is 1. The number of rotatable bonds is 5. The molecule has 31 heavy (non-hydrogen) atoms. The van der Waals surface area contributed by atoms with E-state index in [1.54, 1.807) is 6.92 Å². The van der Waals surface area contributed by atoms with Crippen molar-refractivity contribution >= 4 is 17.7 Å². The van der Waals surface area contributed by atoms with Crippen LogP contribution >= 0.6 is 0 Å². The molecule has 2 N–H and O–H groups in total. The van der Waals surface area contributed by atoms with Crippen LogP contribution < -0.4 is 0 Å². The van der Waals surface area contributed by atoms with Gasteiger partial charge in [0.1, 0.15) is 0 Å². The van der Waals surface area contributed by atoms with Crippen LogP contribution in [0.3, 0.4) is 0 Å². The lowest BCUT2D eigenvalue weighted by Crippen LogP contribution is -2.63. The van der Waals surface area contributed by atoms with Gasteiger partial charge < -0.3 is 14.9 Å². The van der Waals surface area contributed by atoms with Gasteiger partial charge in [-0.25, -0.2) is 0 Å². The minimum Gasteiger partial charge on any atom is -0.481 e. The maximum absolute atomic E-state index is 13.6. The number of aliphatic hydroxyl groups is 1. The van der Waals surface area contributed by atoms with Crippen LogP contribution in [0.4, 0.5) is 0 Å². The van der Waals surface area contributed by atoms with Gasteiger partial charge in [0.25, 0.3) is 0 Å². The van der Waals surface area contributed by atoms with Gasteiger partial charge in [-0.3, -0.25) is 14.4 Å². The first kappa shape index (κ1) is 23.7. The van der Waals surface area contributed by atoms with E-state index in [0.717, 1.165) is 17.6 Å². The van der Waals surface area contributed by atoms with Gasteiger partial charge in [-0.05, 0) is 74.9 Å². The van der Waals surface area contributed by atoms with Crippen molar-refractivity contribution in [2.75, 3.05) is 7.11 Å². The number of carboxylic acid groups (broad SMARTS) is 1. The van der Waals surface area contributed by atoms with Crippen LogP contribution in [0.1, 0.15) is 66.7 Å². The Balaban J connectivity index is 2.30. The number of hydrogen-bond acceptors (Lipinski definition) is 5. The Morgan fingerprint density at radius 2 is 1.90 bits per heavy atom. The smallest absolute Gasteiger partial charge is 0.313 e. The standard InChI is InChI=1S/C25H36O6/c1-7-15(21(28)31-6)20-24(4,19-14(2)8-9-16(19)26)12-10-17-23(3,22(29)30)13-11-18(27)25(17,20)5/h11,13,15-17,20,26H,7-10,12H2,1-6H3,(H,29,30)/t15?,16-,17+,20+,23-,24+,25-/m1/s1. The van der Waals surface area contributed by atoms with Crippen LogP contribution in [0, 0.1) is 34.0 Å². The van der Waals surface area contributed by atoms with E-state index in [0.29, 0.717) is 25.7 Å². The van der Waals surface area contributed by atoms with E-state index in [1.165, 1.54) is 19.3 Å². The number of aliphatic carboxylic acids is 1. The van der Waals surface area contributed by atoms with E-state index in [9.17, 15) is 24.6 Å². The topological polar surface area (TPSA) is 101 Å². The molecule has 0 bridgehead atoms. The SMILES string of the molecule is CCC(C(=O)OC)[C@@H]1[C@@]2(C)C(=O)C=C[C@@](C)(C(=O)O)[C@@H]2CC[C@@]1(C)C1=C(C)CC[C@H]1O. The lowest BCUT2D eigenvalue weighted by molar-refractivity contribution is -0.176. The number of carbonyl (C=O) groups is 3. The molecule has 3 aliphatic rings. The number of carboxylic acids is 1. The first-order valence-electron chi connectivity index (χ1n) is 11.3. The molecule has 1 saturated carbocycles. The first-order chi connectivity index (χ1) is 14.4. The molecule has 0 heterocycles.